The van der Waals surface area contributed by atoms with E-state index in [9.17, 15) is 30.3 Å². The largest absolute Gasteiger partial charge is 0.508 e. The van der Waals surface area contributed by atoms with E-state index < -0.39 is 24.0 Å². The lowest BCUT2D eigenvalue weighted by atomic mass is 10.1. The first kappa shape index (κ1) is 29.6. The van der Waals surface area contributed by atoms with Gasteiger partial charge in [0.1, 0.15) is 41.4 Å². The average molecular weight is 519 g/mol. The Morgan fingerprint density at radius 1 is 0.816 bits per heavy atom. The molecule has 9 nitrogen and oxygen atoms in total. The Kier molecular flexibility index (Phi) is 11.6. The second-order valence-electron chi connectivity index (χ2n) is 8.92. The van der Waals surface area contributed by atoms with Gasteiger partial charge in [-0.25, -0.2) is 9.59 Å². The SMILES string of the molecule is CC(COC(=O)/C(C#N)=C/c1ccc(O)cc1)COC(=O)/C(C#N)=C/c1ccc(OCC(O)C(C)C)cc1. The number of hydrogen-bond acceptors (Lipinski definition) is 9. The second kappa shape index (κ2) is 14.8. The van der Waals surface area contributed by atoms with Gasteiger partial charge in [0.2, 0.25) is 0 Å². The van der Waals surface area contributed by atoms with Gasteiger partial charge < -0.3 is 24.4 Å². The van der Waals surface area contributed by atoms with Crippen molar-refractivity contribution < 1.29 is 34.0 Å². The molecule has 0 aromatic heterocycles. The summed E-state index contributed by atoms with van der Waals surface area (Å²) in [4.78, 5) is 24.6. The number of hydrogen-bond donors (Lipinski definition) is 2. The summed E-state index contributed by atoms with van der Waals surface area (Å²) in [5.74, 6) is -1.38. The van der Waals surface area contributed by atoms with Gasteiger partial charge in [0.25, 0.3) is 0 Å². The van der Waals surface area contributed by atoms with Crippen LogP contribution in [0.25, 0.3) is 12.2 Å². The molecular weight excluding hydrogens is 488 g/mol. The Hall–Kier alpha value is -4.60. The van der Waals surface area contributed by atoms with Crippen molar-refractivity contribution in [2.24, 2.45) is 11.8 Å². The van der Waals surface area contributed by atoms with Crippen LogP contribution in [0.4, 0.5) is 0 Å². The molecule has 2 aromatic rings. The van der Waals surface area contributed by atoms with Gasteiger partial charge in [-0.3, -0.25) is 0 Å². The fourth-order valence-corrected chi connectivity index (χ4v) is 2.85. The van der Waals surface area contributed by atoms with Gasteiger partial charge in [-0.2, -0.15) is 10.5 Å². The molecule has 0 heterocycles. The van der Waals surface area contributed by atoms with Crippen molar-refractivity contribution in [3.63, 3.8) is 0 Å². The minimum Gasteiger partial charge on any atom is -0.508 e. The maximum Gasteiger partial charge on any atom is 0.348 e. The lowest BCUT2D eigenvalue weighted by Gasteiger charge is -2.15. The lowest BCUT2D eigenvalue weighted by molar-refractivity contribution is -0.143. The molecule has 0 radical (unpaired) electrons. The van der Waals surface area contributed by atoms with E-state index in [-0.39, 0.29) is 42.6 Å². The van der Waals surface area contributed by atoms with Crippen molar-refractivity contribution in [2.45, 2.75) is 26.9 Å². The molecule has 2 N–H and O–H groups in total. The topological polar surface area (TPSA) is 150 Å². The Balaban J connectivity index is 1.86. The number of esters is 2. The molecule has 2 atom stereocenters. The highest BCUT2D eigenvalue weighted by atomic mass is 16.5. The molecule has 0 fully saturated rings. The van der Waals surface area contributed by atoms with Crippen molar-refractivity contribution in [1.82, 2.24) is 0 Å². The van der Waals surface area contributed by atoms with Gasteiger partial charge in [0.15, 0.2) is 0 Å². The Morgan fingerprint density at radius 3 is 1.68 bits per heavy atom. The standard InChI is InChI=1S/C29H30N2O7/c1-19(2)27(33)18-36-26-10-6-22(7-11-26)13-24(15-31)29(35)38-17-20(3)16-37-28(34)23(14-30)12-21-4-8-25(32)9-5-21/h4-13,19-20,27,32-33H,16-18H2,1-3H3/b23-12+,24-13+. The number of ether oxygens (including phenoxy) is 3. The van der Waals surface area contributed by atoms with E-state index in [0.717, 1.165) is 0 Å². The molecule has 0 saturated carbocycles. The summed E-state index contributed by atoms with van der Waals surface area (Å²) in [5.41, 5.74) is 0.701. The van der Waals surface area contributed by atoms with Crippen molar-refractivity contribution in [2.75, 3.05) is 19.8 Å². The molecule has 0 aliphatic rings. The van der Waals surface area contributed by atoms with Crippen LogP contribution in [0.3, 0.4) is 0 Å². The molecule has 2 aromatic carbocycles. The molecule has 0 aliphatic heterocycles. The van der Waals surface area contributed by atoms with Crippen LogP contribution in [0, 0.1) is 34.5 Å². The van der Waals surface area contributed by atoms with E-state index in [1.54, 1.807) is 49.4 Å². The van der Waals surface area contributed by atoms with Gasteiger partial charge in [-0.05, 0) is 53.5 Å². The van der Waals surface area contributed by atoms with Crippen molar-refractivity contribution in [3.8, 4) is 23.6 Å². The number of nitriles is 2. The van der Waals surface area contributed by atoms with Gasteiger partial charge in [0.05, 0.1) is 19.3 Å². The molecule has 0 bridgehead atoms. The van der Waals surface area contributed by atoms with Crippen LogP contribution in [-0.2, 0) is 19.1 Å². The first-order chi connectivity index (χ1) is 18.1. The van der Waals surface area contributed by atoms with Crippen molar-refractivity contribution in [3.05, 3.63) is 70.8 Å². The van der Waals surface area contributed by atoms with Gasteiger partial charge in [-0.1, -0.05) is 45.0 Å². The van der Waals surface area contributed by atoms with Crippen molar-refractivity contribution >= 4 is 24.1 Å². The number of rotatable bonds is 12. The fourth-order valence-electron chi connectivity index (χ4n) is 2.85. The zero-order valence-electron chi connectivity index (χ0n) is 21.5. The maximum absolute atomic E-state index is 12.4. The smallest absolute Gasteiger partial charge is 0.348 e. The van der Waals surface area contributed by atoms with Crippen LogP contribution >= 0.6 is 0 Å². The Bertz CT molecular complexity index is 1230. The van der Waals surface area contributed by atoms with E-state index in [1.165, 1.54) is 24.3 Å². The zero-order chi connectivity index (χ0) is 28.1. The Labute approximate surface area is 221 Å². The third kappa shape index (κ3) is 9.81. The highest BCUT2D eigenvalue weighted by molar-refractivity contribution is 5.98. The number of nitrogens with zero attached hydrogens (tertiary/aromatic N) is 2. The van der Waals surface area contributed by atoms with Crippen LogP contribution in [0.2, 0.25) is 0 Å². The molecule has 0 saturated heterocycles. The fraction of sp³-hybridized carbons (Fsp3) is 0.310. The van der Waals surface area contributed by atoms with Gasteiger partial charge in [-0.15, -0.1) is 0 Å². The molecule has 198 valence electrons. The molecule has 2 unspecified atom stereocenters. The molecule has 38 heavy (non-hydrogen) atoms. The third-order valence-electron chi connectivity index (χ3n) is 5.26. The third-order valence-corrected chi connectivity index (χ3v) is 5.26. The first-order valence-electron chi connectivity index (χ1n) is 11.9. The number of benzene rings is 2. The van der Waals surface area contributed by atoms with Crippen LogP contribution in [-0.4, -0.2) is 48.1 Å². The summed E-state index contributed by atoms with van der Waals surface area (Å²) in [6.07, 6.45) is 2.13. The maximum atomic E-state index is 12.4. The summed E-state index contributed by atoms with van der Waals surface area (Å²) in [6, 6.07) is 16.2. The normalized spacial score (nSPS) is 13.1. The highest BCUT2D eigenvalue weighted by Gasteiger charge is 2.16. The summed E-state index contributed by atoms with van der Waals surface area (Å²) < 4.78 is 15.9. The highest BCUT2D eigenvalue weighted by Crippen LogP contribution is 2.17. The quantitative estimate of drug-likeness (QED) is 0.241. The van der Waals surface area contributed by atoms with E-state index in [0.29, 0.717) is 16.9 Å². The van der Waals surface area contributed by atoms with Gasteiger partial charge >= 0.3 is 11.9 Å². The van der Waals surface area contributed by atoms with Crippen LogP contribution in [0.1, 0.15) is 31.9 Å². The number of carbonyl (C=O) groups excluding carboxylic acids is 2. The van der Waals surface area contributed by atoms with E-state index in [2.05, 4.69) is 0 Å². The molecule has 9 heteroatoms. The number of carbonyl (C=O) groups is 2. The van der Waals surface area contributed by atoms with Crippen LogP contribution in [0.5, 0.6) is 11.5 Å². The second-order valence-corrected chi connectivity index (χ2v) is 8.92. The summed E-state index contributed by atoms with van der Waals surface area (Å²) in [7, 11) is 0. The number of phenols is 1. The minimum atomic E-state index is -0.831. The number of aliphatic hydroxyl groups is 1. The van der Waals surface area contributed by atoms with E-state index in [1.807, 2.05) is 19.9 Å². The molecule has 0 spiro atoms. The summed E-state index contributed by atoms with van der Waals surface area (Å²) >= 11 is 0. The van der Waals surface area contributed by atoms with Crippen LogP contribution < -0.4 is 4.74 Å². The number of phenolic OH excluding ortho intramolecular Hbond substituents is 1. The number of aromatic hydroxyl groups is 1. The molecule has 0 aliphatic carbocycles. The van der Waals surface area contributed by atoms with E-state index >= 15 is 0 Å². The van der Waals surface area contributed by atoms with Crippen LogP contribution in [0.15, 0.2) is 59.7 Å². The minimum absolute atomic E-state index is 0.0579. The molecule has 2 rings (SSSR count). The Morgan fingerprint density at radius 2 is 1.26 bits per heavy atom. The van der Waals surface area contributed by atoms with Crippen molar-refractivity contribution in [1.29, 1.82) is 10.5 Å². The van der Waals surface area contributed by atoms with E-state index in [4.69, 9.17) is 14.2 Å². The average Bonchev–Trinajstić information content (AvgIpc) is 2.92. The number of aliphatic hydroxyl groups excluding tert-OH is 1. The molecule has 0 amide bonds. The predicted molar refractivity (Wildman–Crippen MR) is 139 cm³/mol. The lowest BCUT2D eigenvalue weighted by Crippen LogP contribution is -2.23. The summed E-state index contributed by atoms with van der Waals surface area (Å²) in [5, 5.41) is 37.8. The zero-order valence-corrected chi connectivity index (χ0v) is 21.5. The van der Waals surface area contributed by atoms with Gasteiger partial charge in [0, 0.05) is 5.92 Å². The summed E-state index contributed by atoms with van der Waals surface area (Å²) in [6.45, 7) is 5.39. The monoisotopic (exact) mass is 518 g/mol. The first-order valence-corrected chi connectivity index (χ1v) is 11.9. The molecular formula is C29H30N2O7. The predicted octanol–water partition coefficient (Wildman–Crippen LogP) is 4.02.